The maximum atomic E-state index is 14.4. The van der Waals surface area contributed by atoms with Gasteiger partial charge in [0.25, 0.3) is 0 Å². The molecule has 3 nitrogen and oxygen atoms in total. The first kappa shape index (κ1) is 25.1. The number of aromatic nitrogens is 1. The summed E-state index contributed by atoms with van der Waals surface area (Å²) < 4.78 is 16.6. The largest absolute Gasteiger partial charge is 0.481 e. The molecule has 3 rings (SSSR count). The van der Waals surface area contributed by atoms with Gasteiger partial charge in [-0.15, -0.1) is 6.58 Å². The standard InChI is InChI=1S/C28H34FNO2S/c1-5-20(4)12-10-8-6-7-9-11-15-33-28-26-23(19(2)3)17-22(29)18-24(26)30-14-13-21(27(28)30)16-25(31)32/h5-7,10-12,15,17-21H,1,8-9,13-14,16H2,2-4H3,(H,31,32)/b7-6-,12-10-,15-11+. The van der Waals surface area contributed by atoms with Crippen LogP contribution in [-0.2, 0) is 11.3 Å². The van der Waals surface area contributed by atoms with Gasteiger partial charge in [0.15, 0.2) is 0 Å². The summed E-state index contributed by atoms with van der Waals surface area (Å²) in [5.41, 5.74) is 2.92. The Balaban J connectivity index is 1.84. The third-order valence-corrected chi connectivity index (χ3v) is 7.07. The average Bonchev–Trinajstić information content (AvgIpc) is 3.30. The molecule has 0 saturated heterocycles. The predicted molar refractivity (Wildman–Crippen MR) is 137 cm³/mol. The molecule has 0 fully saturated rings. The normalized spacial score (nSPS) is 17.2. The Morgan fingerprint density at radius 1 is 1.24 bits per heavy atom. The highest BCUT2D eigenvalue weighted by Crippen LogP contribution is 2.47. The van der Waals surface area contributed by atoms with Gasteiger partial charge in [0.2, 0.25) is 0 Å². The van der Waals surface area contributed by atoms with E-state index in [1.807, 2.05) is 6.08 Å². The first-order valence-corrected chi connectivity index (χ1v) is 12.5. The molecule has 1 aromatic carbocycles. The lowest BCUT2D eigenvalue weighted by Gasteiger charge is -2.12. The van der Waals surface area contributed by atoms with Crippen molar-refractivity contribution in [3.05, 3.63) is 77.7 Å². The number of rotatable bonds is 11. The molecule has 33 heavy (non-hydrogen) atoms. The van der Waals surface area contributed by atoms with Gasteiger partial charge in [-0.3, -0.25) is 4.79 Å². The number of halogens is 1. The van der Waals surface area contributed by atoms with E-state index < -0.39 is 5.97 Å². The topological polar surface area (TPSA) is 42.2 Å². The fourth-order valence-electron chi connectivity index (χ4n) is 4.40. The lowest BCUT2D eigenvalue weighted by Crippen LogP contribution is -2.04. The number of hydrogen-bond acceptors (Lipinski definition) is 2. The van der Waals surface area contributed by atoms with Crippen molar-refractivity contribution < 1.29 is 14.3 Å². The van der Waals surface area contributed by atoms with Crippen LogP contribution < -0.4 is 0 Å². The van der Waals surface area contributed by atoms with Crippen LogP contribution >= 0.6 is 11.8 Å². The summed E-state index contributed by atoms with van der Waals surface area (Å²) in [5.74, 6) is -0.502. The zero-order chi connectivity index (χ0) is 24.0. The number of benzene rings is 1. The second kappa shape index (κ2) is 11.6. The van der Waals surface area contributed by atoms with Crippen molar-refractivity contribution in [1.29, 1.82) is 0 Å². The summed E-state index contributed by atoms with van der Waals surface area (Å²) in [5, 5.41) is 12.6. The highest BCUT2D eigenvalue weighted by Gasteiger charge is 2.32. The number of carbonyl (C=O) groups is 1. The van der Waals surface area contributed by atoms with Gasteiger partial charge >= 0.3 is 5.97 Å². The SMILES string of the molecule is C=CC(C)/C=C\C/C=C\C/C=C/Sc1c2n(c3cc(F)cc(C(C)C)c13)CCC2CC(=O)O. The lowest BCUT2D eigenvalue weighted by molar-refractivity contribution is -0.137. The van der Waals surface area contributed by atoms with Crippen LogP contribution in [0, 0.1) is 11.7 Å². The minimum atomic E-state index is -0.790. The molecule has 2 unspecified atom stereocenters. The van der Waals surface area contributed by atoms with E-state index in [4.69, 9.17) is 0 Å². The molecule has 1 aromatic heterocycles. The molecule has 0 bridgehead atoms. The summed E-state index contributed by atoms with van der Waals surface area (Å²) >= 11 is 1.63. The molecular weight excluding hydrogens is 433 g/mol. The molecule has 2 atom stereocenters. The number of hydrogen-bond donors (Lipinski definition) is 1. The number of nitrogens with zero attached hydrogens (tertiary/aromatic N) is 1. The van der Waals surface area contributed by atoms with Gasteiger partial charge in [-0.2, -0.15) is 0 Å². The van der Waals surface area contributed by atoms with Crippen molar-refractivity contribution in [2.75, 3.05) is 0 Å². The van der Waals surface area contributed by atoms with Crippen LogP contribution in [0.1, 0.15) is 69.5 Å². The van der Waals surface area contributed by atoms with Gasteiger partial charge in [-0.25, -0.2) is 4.39 Å². The molecule has 0 radical (unpaired) electrons. The van der Waals surface area contributed by atoms with Crippen LogP contribution in [0.25, 0.3) is 10.9 Å². The van der Waals surface area contributed by atoms with Crippen LogP contribution in [0.4, 0.5) is 4.39 Å². The highest BCUT2D eigenvalue weighted by molar-refractivity contribution is 8.02. The van der Waals surface area contributed by atoms with Gasteiger partial charge in [0, 0.05) is 28.4 Å². The van der Waals surface area contributed by atoms with E-state index in [0.717, 1.165) is 52.9 Å². The molecule has 1 N–H and O–H groups in total. The Morgan fingerprint density at radius 2 is 1.97 bits per heavy atom. The van der Waals surface area contributed by atoms with E-state index in [1.54, 1.807) is 23.9 Å². The third kappa shape index (κ3) is 6.08. The van der Waals surface area contributed by atoms with Gasteiger partial charge in [0.1, 0.15) is 5.82 Å². The fourth-order valence-corrected chi connectivity index (χ4v) is 5.48. The fraction of sp³-hybridized carbons (Fsp3) is 0.393. The summed E-state index contributed by atoms with van der Waals surface area (Å²) in [6.07, 6.45) is 15.2. The van der Waals surface area contributed by atoms with Crippen LogP contribution in [0.15, 0.2) is 65.5 Å². The number of allylic oxidation sites excluding steroid dienone is 6. The molecule has 2 heterocycles. The van der Waals surface area contributed by atoms with Gasteiger partial charge in [-0.1, -0.05) is 69.0 Å². The third-order valence-electron chi connectivity index (χ3n) is 6.09. The van der Waals surface area contributed by atoms with E-state index in [0.29, 0.717) is 5.92 Å². The number of fused-ring (bicyclic) bond motifs is 3. The number of aliphatic carboxylic acids is 1. The molecule has 1 aliphatic heterocycles. The van der Waals surface area contributed by atoms with Crippen LogP contribution in [0.5, 0.6) is 0 Å². The minimum absolute atomic E-state index is 0.0430. The number of carboxylic acids is 1. The summed E-state index contributed by atoms with van der Waals surface area (Å²) in [6.45, 7) is 10.8. The average molecular weight is 468 g/mol. The maximum absolute atomic E-state index is 14.4. The predicted octanol–water partition coefficient (Wildman–Crippen LogP) is 8.19. The minimum Gasteiger partial charge on any atom is -0.481 e. The second-order valence-corrected chi connectivity index (χ2v) is 9.86. The Labute approximate surface area is 200 Å². The highest BCUT2D eigenvalue weighted by atomic mass is 32.2. The molecule has 1 aliphatic rings. The molecule has 0 saturated carbocycles. The Kier molecular flexibility index (Phi) is 8.79. The first-order valence-electron chi connectivity index (χ1n) is 11.7. The van der Waals surface area contributed by atoms with Crippen LogP contribution in [0.2, 0.25) is 0 Å². The van der Waals surface area contributed by atoms with Gasteiger partial charge in [-0.05, 0) is 54.2 Å². The van der Waals surface area contributed by atoms with Crippen molar-refractivity contribution >= 4 is 28.6 Å². The van der Waals surface area contributed by atoms with E-state index >= 15 is 0 Å². The number of carboxylic acid groups (broad SMARTS) is 1. The Bertz CT molecular complexity index is 1090. The second-order valence-electron chi connectivity index (χ2n) is 8.95. The van der Waals surface area contributed by atoms with E-state index in [9.17, 15) is 14.3 Å². The van der Waals surface area contributed by atoms with Crippen LogP contribution in [0.3, 0.4) is 0 Å². The Hall–Kier alpha value is -2.53. The summed E-state index contributed by atoms with van der Waals surface area (Å²) in [7, 11) is 0. The molecule has 176 valence electrons. The number of thioether (sulfide) groups is 1. The van der Waals surface area contributed by atoms with E-state index in [2.05, 4.69) is 67.7 Å². The lowest BCUT2D eigenvalue weighted by atomic mass is 9.96. The zero-order valence-electron chi connectivity index (χ0n) is 19.8. The van der Waals surface area contributed by atoms with Gasteiger partial charge < -0.3 is 9.67 Å². The Morgan fingerprint density at radius 3 is 2.64 bits per heavy atom. The van der Waals surface area contributed by atoms with Crippen LogP contribution in [-0.4, -0.2) is 15.6 Å². The van der Waals surface area contributed by atoms with Crippen molar-refractivity contribution in [3.8, 4) is 0 Å². The molecular formula is C28H34FNO2S. The van der Waals surface area contributed by atoms with Gasteiger partial charge in [0.05, 0.1) is 11.9 Å². The number of aryl methyl sites for hydroxylation is 1. The molecule has 5 heteroatoms. The van der Waals surface area contributed by atoms with Crippen molar-refractivity contribution in [3.63, 3.8) is 0 Å². The van der Waals surface area contributed by atoms with Crippen molar-refractivity contribution in [1.82, 2.24) is 4.57 Å². The van der Waals surface area contributed by atoms with Crippen molar-refractivity contribution in [2.45, 2.75) is 69.7 Å². The first-order chi connectivity index (χ1) is 15.8. The quantitative estimate of drug-likeness (QED) is 0.267. The molecule has 0 aliphatic carbocycles. The summed E-state index contributed by atoms with van der Waals surface area (Å²) in [4.78, 5) is 12.6. The van der Waals surface area contributed by atoms with E-state index in [-0.39, 0.29) is 24.1 Å². The van der Waals surface area contributed by atoms with Crippen molar-refractivity contribution in [2.24, 2.45) is 5.92 Å². The molecule has 0 spiro atoms. The summed E-state index contributed by atoms with van der Waals surface area (Å²) in [6, 6.07) is 3.23. The zero-order valence-corrected chi connectivity index (χ0v) is 20.6. The van der Waals surface area contributed by atoms with E-state index in [1.165, 1.54) is 0 Å². The monoisotopic (exact) mass is 467 g/mol. The molecule has 2 aromatic rings. The maximum Gasteiger partial charge on any atom is 0.304 e. The smallest absolute Gasteiger partial charge is 0.304 e. The molecule has 0 amide bonds.